The minimum absolute atomic E-state index is 0.372. The van der Waals surface area contributed by atoms with Gasteiger partial charge in [-0.2, -0.15) is 5.26 Å². The van der Waals surface area contributed by atoms with Crippen LogP contribution >= 0.6 is 0 Å². The van der Waals surface area contributed by atoms with Crippen molar-refractivity contribution in [1.29, 1.82) is 5.26 Å². The van der Waals surface area contributed by atoms with E-state index in [9.17, 15) is 0 Å². The second-order valence-corrected chi connectivity index (χ2v) is 4.59. The lowest BCUT2D eigenvalue weighted by Crippen LogP contribution is -2.47. The van der Waals surface area contributed by atoms with Crippen LogP contribution in [0.2, 0.25) is 0 Å². The number of likely N-dealkylation sites (N-methyl/N-ethyl adjacent to an activating group) is 1. The first-order valence-electron chi connectivity index (χ1n) is 5.61. The molecule has 1 aliphatic rings. The summed E-state index contributed by atoms with van der Waals surface area (Å²) in [5.74, 6) is 0. The van der Waals surface area contributed by atoms with Crippen molar-refractivity contribution in [3.63, 3.8) is 0 Å². The maximum Gasteiger partial charge on any atom is 0.104 e. The number of nitrogens with one attached hydrogen (secondary N) is 1. The van der Waals surface area contributed by atoms with Crippen molar-refractivity contribution < 1.29 is 0 Å². The predicted molar refractivity (Wildman–Crippen MR) is 61.6 cm³/mol. The molecule has 0 amide bonds. The van der Waals surface area contributed by atoms with Gasteiger partial charge in [0.15, 0.2) is 0 Å². The maximum absolute atomic E-state index is 9.02. The van der Waals surface area contributed by atoms with Gasteiger partial charge in [-0.05, 0) is 27.4 Å². The van der Waals surface area contributed by atoms with E-state index in [0.717, 1.165) is 39.1 Å². The van der Waals surface area contributed by atoms with Crippen molar-refractivity contribution in [3.05, 3.63) is 0 Å². The van der Waals surface area contributed by atoms with Crippen molar-refractivity contribution in [2.75, 3.05) is 46.8 Å². The van der Waals surface area contributed by atoms with Gasteiger partial charge in [0.05, 0.1) is 6.07 Å². The number of rotatable bonds is 4. The Balaban J connectivity index is 2.28. The van der Waals surface area contributed by atoms with Crippen LogP contribution in [0.5, 0.6) is 0 Å². The minimum atomic E-state index is -0.372. The molecular formula is C11H22N4. The fraction of sp³-hybridized carbons (Fsp3) is 0.909. The van der Waals surface area contributed by atoms with Crippen molar-refractivity contribution in [3.8, 4) is 6.07 Å². The van der Waals surface area contributed by atoms with Gasteiger partial charge in [0, 0.05) is 32.7 Å². The highest BCUT2D eigenvalue weighted by atomic mass is 15.2. The van der Waals surface area contributed by atoms with E-state index >= 15 is 0 Å². The molecule has 1 heterocycles. The summed E-state index contributed by atoms with van der Waals surface area (Å²) < 4.78 is 0. The van der Waals surface area contributed by atoms with E-state index in [4.69, 9.17) is 5.26 Å². The molecule has 1 fully saturated rings. The lowest BCUT2D eigenvalue weighted by Gasteiger charge is -2.34. The molecule has 0 aromatic rings. The fourth-order valence-corrected chi connectivity index (χ4v) is 1.69. The molecule has 1 N–H and O–H groups in total. The van der Waals surface area contributed by atoms with E-state index in [1.54, 1.807) is 0 Å². The fourth-order valence-electron chi connectivity index (χ4n) is 1.69. The van der Waals surface area contributed by atoms with Crippen LogP contribution in [0.1, 0.15) is 13.3 Å². The lowest BCUT2D eigenvalue weighted by molar-refractivity contribution is 0.146. The van der Waals surface area contributed by atoms with Gasteiger partial charge in [-0.25, -0.2) is 0 Å². The van der Waals surface area contributed by atoms with Gasteiger partial charge >= 0.3 is 0 Å². The molecule has 86 valence electrons. The number of piperazine rings is 1. The highest BCUT2D eigenvalue weighted by Crippen LogP contribution is 2.09. The monoisotopic (exact) mass is 210 g/mol. The maximum atomic E-state index is 9.02. The van der Waals surface area contributed by atoms with Crippen LogP contribution in [0.15, 0.2) is 0 Å². The lowest BCUT2D eigenvalue weighted by atomic mass is 10.00. The van der Waals surface area contributed by atoms with E-state index in [1.165, 1.54) is 0 Å². The Labute approximate surface area is 92.8 Å². The van der Waals surface area contributed by atoms with Gasteiger partial charge in [-0.1, -0.05) is 0 Å². The molecular weight excluding hydrogens is 188 g/mol. The molecule has 0 bridgehead atoms. The predicted octanol–water partition coefficient (Wildman–Crippen LogP) is 0.126. The minimum Gasteiger partial charge on any atom is -0.304 e. The van der Waals surface area contributed by atoms with E-state index in [2.05, 4.69) is 28.2 Å². The number of nitriles is 1. The van der Waals surface area contributed by atoms with Crippen molar-refractivity contribution >= 4 is 0 Å². The van der Waals surface area contributed by atoms with Gasteiger partial charge < -0.3 is 15.1 Å². The van der Waals surface area contributed by atoms with Gasteiger partial charge in [0.2, 0.25) is 0 Å². The van der Waals surface area contributed by atoms with E-state index < -0.39 is 0 Å². The second kappa shape index (κ2) is 5.45. The third-order valence-corrected chi connectivity index (χ3v) is 3.32. The van der Waals surface area contributed by atoms with Gasteiger partial charge in [-0.3, -0.25) is 0 Å². The van der Waals surface area contributed by atoms with Crippen molar-refractivity contribution in [2.24, 2.45) is 0 Å². The first-order valence-corrected chi connectivity index (χ1v) is 5.61. The van der Waals surface area contributed by atoms with Crippen LogP contribution in [-0.4, -0.2) is 62.2 Å². The molecule has 0 aromatic carbocycles. The van der Waals surface area contributed by atoms with Crippen molar-refractivity contribution in [2.45, 2.75) is 18.9 Å². The summed E-state index contributed by atoms with van der Waals surface area (Å²) in [4.78, 5) is 4.78. The van der Waals surface area contributed by atoms with Crippen LogP contribution in [0.25, 0.3) is 0 Å². The van der Waals surface area contributed by atoms with Crippen LogP contribution < -0.4 is 5.32 Å². The second-order valence-electron chi connectivity index (χ2n) is 4.59. The highest BCUT2D eigenvalue weighted by Gasteiger charge is 2.23. The van der Waals surface area contributed by atoms with Gasteiger partial charge in [0.25, 0.3) is 0 Å². The van der Waals surface area contributed by atoms with E-state index in [0.29, 0.717) is 0 Å². The molecule has 15 heavy (non-hydrogen) atoms. The first-order chi connectivity index (χ1) is 7.09. The molecule has 0 aromatic heterocycles. The number of nitrogens with zero attached hydrogens (tertiary/aromatic N) is 3. The molecule has 1 aliphatic heterocycles. The van der Waals surface area contributed by atoms with Crippen LogP contribution in [0, 0.1) is 11.3 Å². The molecule has 4 nitrogen and oxygen atoms in total. The molecule has 4 heteroatoms. The molecule has 0 saturated carbocycles. The van der Waals surface area contributed by atoms with Crippen molar-refractivity contribution in [1.82, 2.24) is 15.1 Å². The zero-order valence-corrected chi connectivity index (χ0v) is 10.1. The normalized spacial score (nSPS) is 23.3. The third kappa shape index (κ3) is 3.78. The van der Waals surface area contributed by atoms with E-state index in [-0.39, 0.29) is 5.54 Å². The zero-order valence-electron chi connectivity index (χ0n) is 10.1. The Morgan fingerprint density at radius 2 is 1.93 bits per heavy atom. The topological polar surface area (TPSA) is 42.3 Å². The summed E-state index contributed by atoms with van der Waals surface area (Å²) in [6.45, 7) is 7.51. The number of hydrogen-bond acceptors (Lipinski definition) is 4. The van der Waals surface area contributed by atoms with Gasteiger partial charge in [-0.15, -0.1) is 0 Å². The smallest absolute Gasteiger partial charge is 0.104 e. The molecule has 0 spiro atoms. The summed E-state index contributed by atoms with van der Waals surface area (Å²) in [7, 11) is 4.01. The largest absolute Gasteiger partial charge is 0.304 e. The average Bonchev–Trinajstić information content (AvgIpc) is 2.28. The molecule has 1 saturated heterocycles. The summed E-state index contributed by atoms with van der Waals surface area (Å²) >= 11 is 0. The molecule has 1 unspecified atom stereocenters. The van der Waals surface area contributed by atoms with Crippen LogP contribution in [0.3, 0.4) is 0 Å². The summed E-state index contributed by atoms with van der Waals surface area (Å²) in [5.41, 5.74) is -0.372. The Kier molecular flexibility index (Phi) is 4.52. The SMILES string of the molecule is CNC(C)(C#N)CCN1CCN(C)CC1. The van der Waals surface area contributed by atoms with Crippen LogP contribution in [-0.2, 0) is 0 Å². The molecule has 0 aliphatic carbocycles. The first kappa shape index (κ1) is 12.4. The highest BCUT2D eigenvalue weighted by molar-refractivity contribution is 5.03. The van der Waals surface area contributed by atoms with E-state index in [1.807, 2.05) is 14.0 Å². The molecule has 1 atom stereocenters. The Hall–Kier alpha value is -0.630. The van der Waals surface area contributed by atoms with Gasteiger partial charge in [0.1, 0.15) is 5.54 Å². The average molecular weight is 210 g/mol. The summed E-state index contributed by atoms with van der Waals surface area (Å²) in [6.07, 6.45) is 0.893. The van der Waals surface area contributed by atoms with Crippen LogP contribution in [0.4, 0.5) is 0 Å². The third-order valence-electron chi connectivity index (χ3n) is 3.32. The summed E-state index contributed by atoms with van der Waals surface area (Å²) in [6, 6.07) is 2.33. The standard InChI is InChI=1S/C11H22N4/c1-11(10-12,13-2)4-5-15-8-6-14(3)7-9-15/h13H,4-9H2,1-3H3. The Morgan fingerprint density at radius 1 is 1.33 bits per heavy atom. The quantitative estimate of drug-likeness (QED) is 0.716. The molecule has 1 rings (SSSR count). The molecule has 0 radical (unpaired) electrons. The number of hydrogen-bond donors (Lipinski definition) is 1. The zero-order chi connectivity index (χ0) is 11.3. The summed E-state index contributed by atoms with van der Waals surface area (Å²) in [5, 5.41) is 12.1. The Morgan fingerprint density at radius 3 is 2.40 bits per heavy atom. The Bertz CT molecular complexity index is 227.